The Morgan fingerprint density at radius 3 is 2.29 bits per heavy atom. The molecule has 8 heteroatoms. The van der Waals surface area contributed by atoms with Crippen LogP contribution in [0.4, 0.5) is 8.78 Å². The molecule has 1 saturated carbocycles. The third kappa shape index (κ3) is 7.60. The fourth-order valence-electron chi connectivity index (χ4n) is 5.21. The molecule has 1 amide bonds. The Hall–Kier alpha value is -2.84. The van der Waals surface area contributed by atoms with E-state index in [0.717, 1.165) is 43.0 Å². The summed E-state index contributed by atoms with van der Waals surface area (Å²) in [5.41, 5.74) is 3.39. The van der Waals surface area contributed by atoms with Gasteiger partial charge in [0, 0.05) is 45.0 Å². The molecule has 2 aromatic rings. The molecule has 38 heavy (non-hydrogen) atoms. The van der Waals surface area contributed by atoms with Crippen molar-refractivity contribution in [2.75, 3.05) is 27.7 Å². The van der Waals surface area contributed by atoms with Crippen LogP contribution in [0.15, 0.2) is 47.6 Å². The van der Waals surface area contributed by atoms with E-state index in [1.165, 1.54) is 24.7 Å². The van der Waals surface area contributed by atoms with E-state index in [0.29, 0.717) is 5.56 Å². The van der Waals surface area contributed by atoms with Gasteiger partial charge in [-0.3, -0.25) is 4.79 Å². The molecular formula is C30H42F2N4O2. The molecule has 1 fully saturated rings. The lowest BCUT2D eigenvalue weighted by Gasteiger charge is -2.41. The number of nitrogens with zero attached hydrogens (tertiary/aromatic N) is 2. The first-order valence-corrected chi connectivity index (χ1v) is 13.3. The van der Waals surface area contributed by atoms with Crippen molar-refractivity contribution in [1.29, 1.82) is 0 Å². The van der Waals surface area contributed by atoms with Crippen LogP contribution in [-0.2, 0) is 22.2 Å². The predicted octanol–water partition coefficient (Wildman–Crippen LogP) is 4.50. The normalized spacial score (nSPS) is 19.6. The smallest absolute Gasteiger partial charge is 0.225 e. The second-order valence-corrected chi connectivity index (χ2v) is 11.6. The zero-order chi connectivity index (χ0) is 28.1. The second kappa shape index (κ2) is 12.3. The SMILES string of the molecule is CNC(=O)C(Cc1cc(F)cc(F)c1)C(O)CNC1(c2cccc(C(C)(C)C)c2)CCC(=NN(C)C)CC1. The molecule has 0 aliphatic heterocycles. The van der Waals surface area contributed by atoms with Crippen molar-refractivity contribution < 1.29 is 18.7 Å². The zero-order valence-electron chi connectivity index (χ0n) is 23.4. The Kier molecular flexibility index (Phi) is 9.65. The number of aliphatic hydroxyl groups is 1. The molecule has 1 aliphatic rings. The van der Waals surface area contributed by atoms with Gasteiger partial charge in [-0.25, -0.2) is 8.78 Å². The summed E-state index contributed by atoms with van der Waals surface area (Å²) in [6.07, 6.45) is 2.15. The minimum Gasteiger partial charge on any atom is -0.391 e. The largest absolute Gasteiger partial charge is 0.391 e. The van der Waals surface area contributed by atoms with Crippen molar-refractivity contribution in [3.63, 3.8) is 0 Å². The lowest BCUT2D eigenvalue weighted by molar-refractivity contribution is -0.128. The van der Waals surface area contributed by atoms with Gasteiger partial charge in [0.1, 0.15) is 11.6 Å². The number of carbonyl (C=O) groups excluding carboxylic acids is 1. The molecule has 2 unspecified atom stereocenters. The van der Waals surface area contributed by atoms with Crippen molar-refractivity contribution >= 4 is 11.6 Å². The lowest BCUT2D eigenvalue weighted by atomic mass is 9.74. The summed E-state index contributed by atoms with van der Waals surface area (Å²) >= 11 is 0. The van der Waals surface area contributed by atoms with Gasteiger partial charge >= 0.3 is 0 Å². The zero-order valence-corrected chi connectivity index (χ0v) is 23.4. The van der Waals surface area contributed by atoms with Crippen LogP contribution in [-0.4, -0.2) is 55.5 Å². The average molecular weight is 529 g/mol. The molecule has 6 nitrogen and oxygen atoms in total. The summed E-state index contributed by atoms with van der Waals surface area (Å²) < 4.78 is 27.6. The highest BCUT2D eigenvalue weighted by atomic mass is 19.1. The predicted molar refractivity (Wildman–Crippen MR) is 148 cm³/mol. The van der Waals surface area contributed by atoms with E-state index >= 15 is 0 Å². The number of carbonyl (C=O) groups is 1. The van der Waals surface area contributed by atoms with Crippen LogP contribution in [0.25, 0.3) is 0 Å². The van der Waals surface area contributed by atoms with Crippen molar-refractivity contribution in [1.82, 2.24) is 15.6 Å². The quantitative estimate of drug-likeness (QED) is 0.419. The van der Waals surface area contributed by atoms with E-state index in [1.807, 2.05) is 19.1 Å². The first-order valence-electron chi connectivity index (χ1n) is 13.3. The van der Waals surface area contributed by atoms with E-state index in [-0.39, 0.29) is 24.3 Å². The van der Waals surface area contributed by atoms with Gasteiger partial charge in [0.2, 0.25) is 5.91 Å². The fourth-order valence-corrected chi connectivity index (χ4v) is 5.21. The average Bonchev–Trinajstić information content (AvgIpc) is 2.85. The molecule has 0 aromatic heterocycles. The molecule has 3 N–H and O–H groups in total. The summed E-state index contributed by atoms with van der Waals surface area (Å²) in [5, 5.41) is 23.9. The second-order valence-electron chi connectivity index (χ2n) is 11.6. The maximum Gasteiger partial charge on any atom is 0.225 e. The fraction of sp³-hybridized carbons (Fsp3) is 0.533. The Labute approximate surface area is 225 Å². The van der Waals surface area contributed by atoms with Crippen LogP contribution in [0.2, 0.25) is 0 Å². The van der Waals surface area contributed by atoms with E-state index in [4.69, 9.17) is 0 Å². The van der Waals surface area contributed by atoms with Gasteiger partial charge in [0.05, 0.1) is 12.0 Å². The molecule has 0 spiro atoms. The van der Waals surface area contributed by atoms with Crippen LogP contribution < -0.4 is 10.6 Å². The number of nitrogens with one attached hydrogen (secondary N) is 2. The number of aliphatic hydroxyl groups excluding tert-OH is 1. The Morgan fingerprint density at radius 2 is 1.74 bits per heavy atom. The summed E-state index contributed by atoms with van der Waals surface area (Å²) in [5.74, 6) is -2.67. The molecule has 208 valence electrons. The number of hydrogen-bond acceptors (Lipinski definition) is 5. The molecule has 0 radical (unpaired) electrons. The number of hydrazone groups is 1. The van der Waals surface area contributed by atoms with Crippen LogP contribution in [0.1, 0.15) is 63.1 Å². The number of rotatable bonds is 9. The van der Waals surface area contributed by atoms with Crippen molar-refractivity contribution in [3.8, 4) is 0 Å². The molecule has 1 aliphatic carbocycles. The van der Waals surface area contributed by atoms with Gasteiger partial charge in [0.25, 0.3) is 0 Å². The van der Waals surface area contributed by atoms with Crippen molar-refractivity contribution in [2.24, 2.45) is 11.0 Å². The maximum atomic E-state index is 13.8. The topological polar surface area (TPSA) is 77.0 Å². The minimum absolute atomic E-state index is 0.0172. The van der Waals surface area contributed by atoms with Crippen LogP contribution >= 0.6 is 0 Å². The molecule has 0 bridgehead atoms. The Bertz CT molecular complexity index is 1110. The number of benzene rings is 2. The summed E-state index contributed by atoms with van der Waals surface area (Å²) in [7, 11) is 5.33. The number of hydrogen-bond donors (Lipinski definition) is 3. The minimum atomic E-state index is -1.07. The summed E-state index contributed by atoms with van der Waals surface area (Å²) in [4.78, 5) is 12.7. The molecule has 3 rings (SSSR count). The lowest BCUT2D eigenvalue weighted by Crippen LogP contribution is -2.51. The molecule has 2 aromatic carbocycles. The van der Waals surface area contributed by atoms with Gasteiger partial charge < -0.3 is 20.7 Å². The van der Waals surface area contributed by atoms with Gasteiger partial charge in [-0.1, -0.05) is 45.0 Å². The summed E-state index contributed by atoms with van der Waals surface area (Å²) in [6.45, 7) is 6.70. The number of amides is 1. The number of halogens is 2. The Morgan fingerprint density at radius 1 is 1.11 bits per heavy atom. The summed E-state index contributed by atoms with van der Waals surface area (Å²) in [6, 6.07) is 11.8. The highest BCUT2D eigenvalue weighted by molar-refractivity contribution is 5.85. The van der Waals surface area contributed by atoms with Gasteiger partial charge in [-0.2, -0.15) is 5.10 Å². The highest BCUT2D eigenvalue weighted by Gasteiger charge is 2.38. The standard InChI is InChI=1S/C30H42F2N4O2/c1-29(2,3)21-8-7-9-22(17-21)30(12-10-25(11-13-30)35-36(5)6)34-19-27(37)26(28(38)33-4)16-20-14-23(31)18-24(32)15-20/h7-9,14-15,17-18,26-27,34,37H,10-13,16,19H2,1-6H3,(H,33,38). The maximum absolute atomic E-state index is 13.8. The van der Waals surface area contributed by atoms with Crippen LogP contribution in [0, 0.1) is 17.6 Å². The van der Waals surface area contributed by atoms with Crippen molar-refractivity contribution in [3.05, 3.63) is 70.8 Å². The first-order chi connectivity index (χ1) is 17.8. The molecule has 2 atom stereocenters. The van der Waals surface area contributed by atoms with Gasteiger partial charge in [-0.05, 0) is 66.3 Å². The van der Waals surface area contributed by atoms with Gasteiger partial charge in [-0.15, -0.1) is 0 Å². The molecule has 0 heterocycles. The van der Waals surface area contributed by atoms with Crippen LogP contribution in [0.5, 0.6) is 0 Å². The van der Waals surface area contributed by atoms with Crippen molar-refractivity contribution in [2.45, 2.75) is 69.9 Å². The monoisotopic (exact) mass is 528 g/mol. The van der Waals surface area contributed by atoms with E-state index in [1.54, 1.807) is 0 Å². The van der Waals surface area contributed by atoms with Gasteiger partial charge in [0.15, 0.2) is 0 Å². The third-order valence-electron chi connectivity index (χ3n) is 7.38. The van der Waals surface area contributed by atoms with E-state index in [9.17, 15) is 18.7 Å². The third-order valence-corrected chi connectivity index (χ3v) is 7.38. The Balaban J connectivity index is 1.87. The molecular weight excluding hydrogens is 486 g/mol. The molecule has 0 saturated heterocycles. The first kappa shape index (κ1) is 29.7. The highest BCUT2D eigenvalue weighted by Crippen LogP contribution is 2.38. The van der Waals surface area contributed by atoms with Crippen LogP contribution in [0.3, 0.4) is 0 Å². The van der Waals surface area contributed by atoms with E-state index in [2.05, 4.69) is 60.8 Å². The van der Waals surface area contributed by atoms with E-state index < -0.39 is 29.2 Å².